The summed E-state index contributed by atoms with van der Waals surface area (Å²) in [5, 5.41) is 23.0. The van der Waals surface area contributed by atoms with Crippen molar-refractivity contribution in [3.63, 3.8) is 0 Å². The fourth-order valence-electron chi connectivity index (χ4n) is 1.70. The number of nitrogens with zero attached hydrogens (tertiary/aromatic N) is 1. The number of carbonyl (C=O) groups is 1. The first kappa shape index (κ1) is 16.1. The molecular formula is C13H18N2O5. The van der Waals surface area contributed by atoms with Gasteiger partial charge in [0.05, 0.1) is 10.5 Å². The molecule has 0 saturated heterocycles. The fourth-order valence-corrected chi connectivity index (χ4v) is 1.70. The van der Waals surface area contributed by atoms with Crippen molar-refractivity contribution in [1.82, 2.24) is 5.32 Å². The van der Waals surface area contributed by atoms with E-state index in [2.05, 4.69) is 5.32 Å². The normalized spacial score (nSPS) is 11.3. The van der Waals surface area contributed by atoms with Crippen LogP contribution in [0.4, 0.5) is 5.69 Å². The van der Waals surface area contributed by atoms with Crippen molar-refractivity contribution in [1.29, 1.82) is 0 Å². The molecule has 0 heterocycles. The van der Waals surface area contributed by atoms with Gasteiger partial charge in [-0.3, -0.25) is 10.1 Å². The van der Waals surface area contributed by atoms with E-state index in [1.54, 1.807) is 13.2 Å². The number of nitro groups is 1. The molecule has 0 aliphatic heterocycles. The molecule has 110 valence electrons. The number of methoxy groups -OCH3 is 1. The second-order valence-corrected chi connectivity index (χ2v) is 4.94. The molecule has 2 N–H and O–H groups in total. The third-order valence-corrected chi connectivity index (χ3v) is 2.96. The Morgan fingerprint density at radius 3 is 2.65 bits per heavy atom. The predicted octanol–water partition coefficient (Wildman–Crippen LogP) is 1.81. The van der Waals surface area contributed by atoms with E-state index in [9.17, 15) is 14.9 Å². The van der Waals surface area contributed by atoms with Crippen LogP contribution in [-0.2, 0) is 11.3 Å². The van der Waals surface area contributed by atoms with Crippen molar-refractivity contribution in [3.05, 3.63) is 39.4 Å². The molecule has 0 aliphatic rings. The van der Waals surface area contributed by atoms with E-state index in [4.69, 9.17) is 9.84 Å². The number of aromatic carboxylic acids is 1. The maximum Gasteiger partial charge on any atom is 0.343 e. The van der Waals surface area contributed by atoms with Gasteiger partial charge in [-0.05, 0) is 19.4 Å². The van der Waals surface area contributed by atoms with E-state index in [0.717, 1.165) is 0 Å². The zero-order valence-corrected chi connectivity index (χ0v) is 11.7. The smallest absolute Gasteiger partial charge is 0.343 e. The molecule has 1 aromatic carbocycles. The predicted molar refractivity (Wildman–Crippen MR) is 72.9 cm³/mol. The van der Waals surface area contributed by atoms with Crippen molar-refractivity contribution < 1.29 is 19.6 Å². The van der Waals surface area contributed by atoms with Gasteiger partial charge in [-0.1, -0.05) is 12.1 Å². The van der Waals surface area contributed by atoms with E-state index in [0.29, 0.717) is 12.1 Å². The van der Waals surface area contributed by atoms with E-state index in [-0.39, 0.29) is 12.1 Å². The van der Waals surface area contributed by atoms with Gasteiger partial charge in [0.1, 0.15) is 5.56 Å². The molecular weight excluding hydrogens is 264 g/mol. The van der Waals surface area contributed by atoms with Crippen LogP contribution in [0.5, 0.6) is 0 Å². The van der Waals surface area contributed by atoms with Gasteiger partial charge in [-0.2, -0.15) is 0 Å². The molecule has 0 amide bonds. The summed E-state index contributed by atoms with van der Waals surface area (Å²) in [6, 6.07) is 4.22. The summed E-state index contributed by atoms with van der Waals surface area (Å²) in [6.07, 6.45) is 0. The summed E-state index contributed by atoms with van der Waals surface area (Å²) in [6.45, 7) is 4.47. The second kappa shape index (κ2) is 6.44. The summed E-state index contributed by atoms with van der Waals surface area (Å²) >= 11 is 0. The Morgan fingerprint density at radius 1 is 1.50 bits per heavy atom. The van der Waals surface area contributed by atoms with Crippen molar-refractivity contribution in [3.8, 4) is 0 Å². The summed E-state index contributed by atoms with van der Waals surface area (Å²) < 4.78 is 5.23. The minimum atomic E-state index is -1.31. The SMILES string of the molecule is COC(C)(C)CNCc1cccc([N+](=O)[O-])c1C(=O)O. The van der Waals surface area contributed by atoms with Gasteiger partial charge in [0.15, 0.2) is 0 Å². The molecule has 0 spiro atoms. The average molecular weight is 282 g/mol. The van der Waals surface area contributed by atoms with Crippen LogP contribution in [0.1, 0.15) is 29.8 Å². The number of benzene rings is 1. The van der Waals surface area contributed by atoms with Crippen molar-refractivity contribution in [2.75, 3.05) is 13.7 Å². The van der Waals surface area contributed by atoms with Gasteiger partial charge in [0.25, 0.3) is 5.69 Å². The molecule has 0 bridgehead atoms. The lowest BCUT2D eigenvalue weighted by Gasteiger charge is -2.23. The largest absolute Gasteiger partial charge is 0.477 e. The second-order valence-electron chi connectivity index (χ2n) is 4.94. The number of nitro benzene ring substituents is 1. The van der Waals surface area contributed by atoms with Crippen LogP contribution in [0.2, 0.25) is 0 Å². The lowest BCUT2D eigenvalue weighted by Crippen LogP contribution is -2.36. The molecule has 0 atom stereocenters. The Kier molecular flexibility index (Phi) is 5.18. The molecule has 0 fully saturated rings. The van der Waals surface area contributed by atoms with Gasteiger partial charge in [-0.25, -0.2) is 4.79 Å². The standard InChI is InChI=1S/C13H18N2O5/c1-13(2,20-3)8-14-7-9-5-4-6-10(15(18)19)11(9)12(16)17/h4-6,14H,7-8H2,1-3H3,(H,16,17). The number of nitrogens with one attached hydrogen (secondary N) is 1. The number of hydrogen-bond donors (Lipinski definition) is 2. The maximum atomic E-state index is 11.2. The Labute approximate surface area is 116 Å². The molecule has 7 heteroatoms. The van der Waals surface area contributed by atoms with Crippen LogP contribution in [0.3, 0.4) is 0 Å². The van der Waals surface area contributed by atoms with Gasteiger partial charge >= 0.3 is 5.97 Å². The zero-order valence-electron chi connectivity index (χ0n) is 11.7. The first-order valence-electron chi connectivity index (χ1n) is 6.04. The fraction of sp³-hybridized carbons (Fsp3) is 0.462. The first-order chi connectivity index (χ1) is 9.28. The lowest BCUT2D eigenvalue weighted by molar-refractivity contribution is -0.385. The average Bonchev–Trinajstić information content (AvgIpc) is 2.37. The minimum Gasteiger partial charge on any atom is -0.477 e. The van der Waals surface area contributed by atoms with E-state index >= 15 is 0 Å². The summed E-state index contributed by atoms with van der Waals surface area (Å²) in [7, 11) is 1.58. The highest BCUT2D eigenvalue weighted by atomic mass is 16.6. The van der Waals surface area contributed by atoms with Gasteiger partial charge < -0.3 is 15.2 Å². The molecule has 1 rings (SSSR count). The van der Waals surface area contributed by atoms with Crippen molar-refractivity contribution in [2.24, 2.45) is 0 Å². The molecule has 1 aromatic rings. The van der Waals surface area contributed by atoms with Gasteiger partial charge in [0, 0.05) is 26.3 Å². The Bertz CT molecular complexity index is 513. The molecule has 0 unspecified atom stereocenters. The third-order valence-electron chi connectivity index (χ3n) is 2.96. The van der Waals surface area contributed by atoms with E-state index in [1.807, 2.05) is 13.8 Å². The highest BCUT2D eigenvalue weighted by molar-refractivity contribution is 5.94. The summed E-state index contributed by atoms with van der Waals surface area (Å²) in [5.41, 5.74) is -0.703. The number of carboxylic acid groups (broad SMARTS) is 1. The Morgan fingerprint density at radius 2 is 2.15 bits per heavy atom. The monoisotopic (exact) mass is 282 g/mol. The first-order valence-corrected chi connectivity index (χ1v) is 6.04. The molecule has 0 radical (unpaired) electrons. The van der Waals surface area contributed by atoms with Crippen LogP contribution < -0.4 is 5.32 Å². The lowest BCUT2D eigenvalue weighted by atomic mass is 10.0. The van der Waals surface area contributed by atoms with E-state index < -0.39 is 22.2 Å². The van der Waals surface area contributed by atoms with Gasteiger partial charge in [-0.15, -0.1) is 0 Å². The molecule has 0 aliphatic carbocycles. The molecule has 0 aromatic heterocycles. The number of ether oxygens (including phenoxy) is 1. The Balaban J connectivity index is 2.93. The van der Waals surface area contributed by atoms with Crippen LogP contribution in [-0.4, -0.2) is 35.3 Å². The van der Waals surface area contributed by atoms with E-state index in [1.165, 1.54) is 12.1 Å². The number of hydrogen-bond acceptors (Lipinski definition) is 5. The van der Waals surface area contributed by atoms with Crippen LogP contribution >= 0.6 is 0 Å². The maximum absolute atomic E-state index is 11.2. The van der Waals surface area contributed by atoms with Crippen LogP contribution in [0.25, 0.3) is 0 Å². The van der Waals surface area contributed by atoms with Crippen molar-refractivity contribution in [2.45, 2.75) is 26.0 Å². The zero-order chi connectivity index (χ0) is 15.3. The van der Waals surface area contributed by atoms with Crippen LogP contribution in [0, 0.1) is 10.1 Å². The van der Waals surface area contributed by atoms with Gasteiger partial charge in [0.2, 0.25) is 0 Å². The molecule has 20 heavy (non-hydrogen) atoms. The summed E-state index contributed by atoms with van der Waals surface area (Å²) in [5.74, 6) is -1.31. The molecule has 0 saturated carbocycles. The highest BCUT2D eigenvalue weighted by Gasteiger charge is 2.23. The minimum absolute atomic E-state index is 0.218. The summed E-state index contributed by atoms with van der Waals surface area (Å²) in [4.78, 5) is 21.4. The van der Waals surface area contributed by atoms with Crippen LogP contribution in [0.15, 0.2) is 18.2 Å². The Hall–Kier alpha value is -1.99. The highest BCUT2D eigenvalue weighted by Crippen LogP contribution is 2.22. The molecule has 7 nitrogen and oxygen atoms in total. The number of carboxylic acids is 1. The van der Waals surface area contributed by atoms with Crippen molar-refractivity contribution >= 4 is 11.7 Å². The number of rotatable bonds is 7. The topological polar surface area (TPSA) is 102 Å². The quantitative estimate of drug-likeness (QED) is 0.584. The third kappa shape index (κ3) is 4.01.